The Morgan fingerprint density at radius 3 is 3.00 bits per heavy atom. The Morgan fingerprint density at radius 2 is 2.29 bits per heavy atom. The fraction of sp³-hybridized carbons (Fsp3) is 0.200. The maximum absolute atomic E-state index is 11.1. The van der Waals surface area contributed by atoms with Crippen molar-refractivity contribution in [3.8, 4) is 0 Å². The minimum absolute atomic E-state index is 0.0663. The first kappa shape index (κ1) is 9.27. The summed E-state index contributed by atoms with van der Waals surface area (Å²) in [6.45, 7) is 0. The second-order valence-electron chi connectivity index (χ2n) is 2.83. The maximum atomic E-state index is 11.1. The highest BCUT2D eigenvalue weighted by molar-refractivity contribution is 8.13. The minimum atomic E-state index is 0.0663. The zero-order valence-corrected chi connectivity index (χ0v) is 8.50. The highest BCUT2D eigenvalue weighted by Crippen LogP contribution is 2.16. The van der Waals surface area contributed by atoms with Gasteiger partial charge in [0, 0.05) is 0 Å². The van der Waals surface area contributed by atoms with Gasteiger partial charge in [0.05, 0.1) is 6.42 Å². The van der Waals surface area contributed by atoms with E-state index in [-0.39, 0.29) is 11.5 Å². The van der Waals surface area contributed by atoms with Gasteiger partial charge in [-0.2, -0.15) is 0 Å². The van der Waals surface area contributed by atoms with E-state index in [4.69, 9.17) is 4.42 Å². The molecule has 0 aliphatic rings. The van der Waals surface area contributed by atoms with Gasteiger partial charge in [0.15, 0.2) is 10.7 Å². The Morgan fingerprint density at radius 1 is 1.50 bits per heavy atom. The van der Waals surface area contributed by atoms with Gasteiger partial charge >= 0.3 is 0 Å². The topological polar surface area (TPSA) is 43.1 Å². The number of rotatable bonds is 2. The normalized spacial score (nSPS) is 10.6. The molecule has 0 spiro atoms. The number of fused-ring (bicyclic) bond motifs is 1. The summed E-state index contributed by atoms with van der Waals surface area (Å²) in [6, 6.07) is 7.49. The van der Waals surface area contributed by atoms with Crippen molar-refractivity contribution in [2.45, 2.75) is 6.42 Å². The summed E-state index contributed by atoms with van der Waals surface area (Å²) in [5.74, 6) is 0.491. The van der Waals surface area contributed by atoms with E-state index in [1.165, 1.54) is 11.8 Å². The molecule has 0 aliphatic heterocycles. The summed E-state index contributed by atoms with van der Waals surface area (Å²) < 4.78 is 5.40. The summed E-state index contributed by atoms with van der Waals surface area (Å²) >= 11 is 1.19. The third kappa shape index (κ3) is 1.80. The molecule has 4 heteroatoms. The van der Waals surface area contributed by atoms with E-state index in [0.717, 1.165) is 11.1 Å². The van der Waals surface area contributed by atoms with Crippen LogP contribution < -0.4 is 0 Å². The first-order valence-electron chi connectivity index (χ1n) is 4.21. The number of benzene rings is 1. The van der Waals surface area contributed by atoms with Gasteiger partial charge in [-0.25, -0.2) is 4.98 Å². The second kappa shape index (κ2) is 3.84. The lowest BCUT2D eigenvalue weighted by Gasteiger charge is -1.89. The number of oxazole rings is 1. The lowest BCUT2D eigenvalue weighted by molar-refractivity contribution is -0.110. The molecule has 0 N–H and O–H groups in total. The van der Waals surface area contributed by atoms with Crippen LogP contribution in [0, 0.1) is 0 Å². The number of carbonyl (C=O) groups is 1. The van der Waals surface area contributed by atoms with Crippen molar-refractivity contribution in [2.24, 2.45) is 0 Å². The molecule has 72 valence electrons. The van der Waals surface area contributed by atoms with E-state index in [0.29, 0.717) is 5.89 Å². The van der Waals surface area contributed by atoms with Crippen LogP contribution in [0.15, 0.2) is 28.7 Å². The lowest BCUT2D eigenvalue weighted by atomic mass is 10.3. The molecule has 2 aromatic rings. The SMILES string of the molecule is CSC(=O)Cc1nc2ccccc2o1. The summed E-state index contributed by atoms with van der Waals surface area (Å²) in [7, 11) is 0. The molecule has 1 aromatic carbocycles. The molecule has 1 heterocycles. The highest BCUT2D eigenvalue weighted by atomic mass is 32.2. The quantitative estimate of drug-likeness (QED) is 0.757. The van der Waals surface area contributed by atoms with Gasteiger partial charge in [0.25, 0.3) is 0 Å². The second-order valence-corrected chi connectivity index (χ2v) is 3.69. The van der Waals surface area contributed by atoms with E-state index >= 15 is 0 Å². The number of carbonyl (C=O) groups excluding carboxylic acids is 1. The van der Waals surface area contributed by atoms with Crippen molar-refractivity contribution in [2.75, 3.05) is 6.26 Å². The zero-order chi connectivity index (χ0) is 9.97. The van der Waals surface area contributed by atoms with E-state index in [2.05, 4.69) is 4.98 Å². The van der Waals surface area contributed by atoms with Crippen LogP contribution in [0.2, 0.25) is 0 Å². The minimum Gasteiger partial charge on any atom is -0.440 e. The third-order valence-corrected chi connectivity index (χ3v) is 2.46. The first-order valence-corrected chi connectivity index (χ1v) is 5.43. The standard InChI is InChI=1S/C10H9NO2S/c1-14-10(12)6-9-11-7-4-2-3-5-8(7)13-9/h2-5H,6H2,1H3. The van der Waals surface area contributed by atoms with Crippen LogP contribution in [-0.4, -0.2) is 16.4 Å². The molecule has 0 fully saturated rings. The number of hydrogen-bond acceptors (Lipinski definition) is 4. The number of aromatic nitrogens is 1. The smallest absolute Gasteiger partial charge is 0.203 e. The van der Waals surface area contributed by atoms with Crippen LogP contribution >= 0.6 is 11.8 Å². The molecule has 0 bridgehead atoms. The van der Waals surface area contributed by atoms with E-state index in [1.54, 1.807) is 6.26 Å². The van der Waals surface area contributed by atoms with Gasteiger partial charge in [-0.3, -0.25) is 4.79 Å². The van der Waals surface area contributed by atoms with E-state index in [1.807, 2.05) is 24.3 Å². The molecule has 2 rings (SSSR count). The molecule has 0 saturated heterocycles. The van der Waals surface area contributed by atoms with Crippen molar-refractivity contribution >= 4 is 28.0 Å². The molecular formula is C10H9NO2S. The van der Waals surface area contributed by atoms with Gasteiger partial charge < -0.3 is 4.42 Å². The molecule has 0 radical (unpaired) electrons. The third-order valence-electron chi connectivity index (χ3n) is 1.86. The number of nitrogens with zero attached hydrogens (tertiary/aromatic N) is 1. The Labute approximate surface area is 85.5 Å². The molecule has 0 amide bonds. The molecule has 14 heavy (non-hydrogen) atoms. The summed E-state index contributed by atoms with van der Waals surface area (Å²) in [4.78, 5) is 15.3. The van der Waals surface area contributed by atoms with Gasteiger partial charge in [-0.15, -0.1) is 0 Å². The monoisotopic (exact) mass is 207 g/mol. The van der Waals surface area contributed by atoms with Crippen LogP contribution in [0.1, 0.15) is 5.89 Å². The van der Waals surface area contributed by atoms with Gasteiger partial charge in [0.2, 0.25) is 5.89 Å². The molecule has 1 aromatic heterocycles. The van der Waals surface area contributed by atoms with Crippen molar-refractivity contribution < 1.29 is 9.21 Å². The molecule has 0 unspecified atom stereocenters. The Balaban J connectivity index is 2.31. The van der Waals surface area contributed by atoms with Crippen molar-refractivity contribution in [3.63, 3.8) is 0 Å². The van der Waals surface area contributed by atoms with Crippen LogP contribution in [0.5, 0.6) is 0 Å². The Kier molecular flexibility index (Phi) is 2.54. The van der Waals surface area contributed by atoms with Crippen LogP contribution in [0.4, 0.5) is 0 Å². The fourth-order valence-electron chi connectivity index (χ4n) is 1.19. The first-order chi connectivity index (χ1) is 6.79. The Bertz CT molecular complexity index is 431. The molecule has 0 aliphatic carbocycles. The van der Waals surface area contributed by atoms with Crippen LogP contribution in [0.25, 0.3) is 11.1 Å². The maximum Gasteiger partial charge on any atom is 0.203 e. The lowest BCUT2D eigenvalue weighted by Crippen LogP contribution is -1.95. The molecule has 0 saturated carbocycles. The van der Waals surface area contributed by atoms with Crippen LogP contribution in [0.3, 0.4) is 0 Å². The van der Waals surface area contributed by atoms with Crippen LogP contribution in [-0.2, 0) is 11.2 Å². The van der Waals surface area contributed by atoms with Gasteiger partial charge in [-0.05, 0) is 18.4 Å². The highest BCUT2D eigenvalue weighted by Gasteiger charge is 2.08. The zero-order valence-electron chi connectivity index (χ0n) is 7.69. The average Bonchev–Trinajstić information content (AvgIpc) is 2.59. The van der Waals surface area contributed by atoms with E-state index < -0.39 is 0 Å². The summed E-state index contributed by atoms with van der Waals surface area (Å²) in [6.07, 6.45) is 2.01. The van der Waals surface area contributed by atoms with Crippen molar-refractivity contribution in [1.82, 2.24) is 4.98 Å². The van der Waals surface area contributed by atoms with Gasteiger partial charge in [0.1, 0.15) is 5.52 Å². The van der Waals surface area contributed by atoms with E-state index in [9.17, 15) is 4.79 Å². The number of hydrogen-bond donors (Lipinski definition) is 0. The molecular weight excluding hydrogens is 198 g/mol. The van der Waals surface area contributed by atoms with Gasteiger partial charge in [-0.1, -0.05) is 23.9 Å². The Hall–Kier alpha value is -1.29. The fourth-order valence-corrected chi connectivity index (χ4v) is 1.46. The number of para-hydroxylation sites is 2. The van der Waals surface area contributed by atoms with Crippen molar-refractivity contribution in [3.05, 3.63) is 30.2 Å². The largest absolute Gasteiger partial charge is 0.440 e. The average molecular weight is 207 g/mol. The molecule has 0 atom stereocenters. The predicted octanol–water partition coefficient (Wildman–Crippen LogP) is 2.26. The molecule has 3 nitrogen and oxygen atoms in total. The summed E-state index contributed by atoms with van der Waals surface area (Å²) in [5.41, 5.74) is 1.54. The number of thioether (sulfide) groups is 1. The predicted molar refractivity (Wildman–Crippen MR) is 56.2 cm³/mol. The summed E-state index contributed by atoms with van der Waals surface area (Å²) in [5, 5.41) is 0.0663. The van der Waals surface area contributed by atoms with Crippen molar-refractivity contribution in [1.29, 1.82) is 0 Å².